The molecule has 1 saturated carbocycles. The average Bonchev–Trinajstić information content (AvgIpc) is 3.46. The van der Waals surface area contributed by atoms with Crippen LogP contribution in [0.4, 0.5) is 0 Å². The second-order valence-electron chi connectivity index (χ2n) is 11.1. The topological polar surface area (TPSA) is 102 Å². The number of carbonyl (C=O) groups is 2. The number of methoxy groups -OCH3 is 4. The number of H-pyrrole nitrogens is 1. The largest absolute Gasteiger partial charge is 0.497 e. The number of nitrogens with one attached hydrogen (secondary N) is 2. The SMILES string of the molecule is COc1cccc(CN(C(=O)Cc2c[nH]c3ccccc23)[C@H](C(=O)NC2CCCCC2)c2cc(OC)c(OC)c(OC)c2)c1. The Labute approximate surface area is 258 Å². The number of rotatable bonds is 12. The van der Waals surface area contributed by atoms with Crippen LogP contribution in [-0.4, -0.2) is 56.2 Å². The first-order chi connectivity index (χ1) is 21.4. The Morgan fingerprint density at radius 3 is 2.30 bits per heavy atom. The van der Waals surface area contributed by atoms with Crippen LogP contribution in [0, 0.1) is 0 Å². The van der Waals surface area contributed by atoms with Gasteiger partial charge in [0.1, 0.15) is 11.8 Å². The van der Waals surface area contributed by atoms with Crippen LogP contribution in [0.1, 0.15) is 54.8 Å². The van der Waals surface area contributed by atoms with Crippen molar-refractivity contribution in [2.75, 3.05) is 28.4 Å². The van der Waals surface area contributed by atoms with Crippen molar-refractivity contribution in [1.82, 2.24) is 15.2 Å². The number of para-hydroxylation sites is 1. The number of hydrogen-bond donors (Lipinski definition) is 2. The first-order valence-electron chi connectivity index (χ1n) is 15.0. The summed E-state index contributed by atoms with van der Waals surface area (Å²) in [6.07, 6.45) is 7.07. The van der Waals surface area contributed by atoms with E-state index in [1.54, 1.807) is 24.1 Å². The molecule has 2 N–H and O–H groups in total. The highest BCUT2D eigenvalue weighted by atomic mass is 16.5. The van der Waals surface area contributed by atoms with Crippen molar-refractivity contribution in [3.8, 4) is 23.0 Å². The van der Waals surface area contributed by atoms with Crippen LogP contribution in [0.5, 0.6) is 23.0 Å². The number of aromatic amines is 1. The zero-order valence-corrected chi connectivity index (χ0v) is 25.9. The molecule has 44 heavy (non-hydrogen) atoms. The van der Waals surface area contributed by atoms with E-state index in [4.69, 9.17) is 18.9 Å². The molecule has 4 aromatic rings. The number of ether oxygens (including phenoxy) is 4. The van der Waals surface area contributed by atoms with Gasteiger partial charge in [0.2, 0.25) is 17.6 Å². The molecule has 0 aliphatic heterocycles. The van der Waals surface area contributed by atoms with Crippen molar-refractivity contribution in [3.05, 3.63) is 83.6 Å². The summed E-state index contributed by atoms with van der Waals surface area (Å²) in [5, 5.41) is 4.25. The van der Waals surface area contributed by atoms with E-state index in [0.717, 1.165) is 54.1 Å². The van der Waals surface area contributed by atoms with Gasteiger partial charge in [-0.15, -0.1) is 0 Å². The van der Waals surface area contributed by atoms with Gasteiger partial charge in [0.05, 0.1) is 34.9 Å². The van der Waals surface area contributed by atoms with Crippen LogP contribution >= 0.6 is 0 Å². The van der Waals surface area contributed by atoms with Gasteiger partial charge in [0.25, 0.3) is 0 Å². The summed E-state index contributed by atoms with van der Waals surface area (Å²) in [6, 6.07) is 18.0. The molecule has 1 aliphatic carbocycles. The molecule has 1 atom stereocenters. The van der Waals surface area contributed by atoms with Crippen molar-refractivity contribution in [3.63, 3.8) is 0 Å². The van der Waals surface area contributed by atoms with Crippen molar-refractivity contribution >= 4 is 22.7 Å². The van der Waals surface area contributed by atoms with Crippen molar-refractivity contribution in [2.24, 2.45) is 0 Å². The zero-order valence-electron chi connectivity index (χ0n) is 25.9. The first-order valence-corrected chi connectivity index (χ1v) is 15.0. The average molecular weight is 600 g/mol. The first kappa shape index (κ1) is 30.8. The van der Waals surface area contributed by atoms with Crippen LogP contribution in [0.25, 0.3) is 10.9 Å². The van der Waals surface area contributed by atoms with E-state index in [-0.39, 0.29) is 30.8 Å². The van der Waals surface area contributed by atoms with Gasteiger partial charge in [0, 0.05) is 29.7 Å². The maximum absolute atomic E-state index is 14.5. The van der Waals surface area contributed by atoms with E-state index in [0.29, 0.717) is 28.6 Å². The smallest absolute Gasteiger partial charge is 0.247 e. The van der Waals surface area contributed by atoms with E-state index in [2.05, 4.69) is 10.3 Å². The molecule has 5 rings (SSSR count). The molecular weight excluding hydrogens is 558 g/mol. The molecule has 0 radical (unpaired) electrons. The number of hydrogen-bond acceptors (Lipinski definition) is 6. The van der Waals surface area contributed by atoms with Gasteiger partial charge in [-0.1, -0.05) is 49.6 Å². The van der Waals surface area contributed by atoms with Gasteiger partial charge in [-0.05, 0) is 59.9 Å². The fourth-order valence-electron chi connectivity index (χ4n) is 6.09. The summed E-state index contributed by atoms with van der Waals surface area (Å²) in [5.41, 5.74) is 3.20. The fraction of sp³-hybridized carbons (Fsp3) is 0.371. The molecule has 0 saturated heterocycles. The fourth-order valence-corrected chi connectivity index (χ4v) is 6.09. The molecule has 232 valence electrons. The summed E-state index contributed by atoms with van der Waals surface area (Å²) < 4.78 is 22.4. The Bertz CT molecular complexity index is 1570. The molecule has 1 heterocycles. The van der Waals surface area contributed by atoms with Crippen molar-refractivity contribution in [1.29, 1.82) is 0 Å². The summed E-state index contributed by atoms with van der Waals surface area (Å²) in [7, 11) is 6.21. The number of fused-ring (bicyclic) bond motifs is 1. The number of amides is 2. The molecule has 9 heteroatoms. The molecule has 0 unspecified atom stereocenters. The van der Waals surface area contributed by atoms with Gasteiger partial charge >= 0.3 is 0 Å². The van der Waals surface area contributed by atoms with Crippen LogP contribution in [0.15, 0.2) is 66.9 Å². The maximum Gasteiger partial charge on any atom is 0.247 e. The number of nitrogens with zero attached hydrogens (tertiary/aromatic N) is 1. The monoisotopic (exact) mass is 599 g/mol. The minimum absolute atomic E-state index is 0.0446. The van der Waals surface area contributed by atoms with E-state index in [9.17, 15) is 9.59 Å². The minimum Gasteiger partial charge on any atom is -0.497 e. The molecule has 1 fully saturated rings. The third kappa shape index (κ3) is 6.77. The third-order valence-electron chi connectivity index (χ3n) is 8.34. The standard InChI is InChI=1S/C35H41N3O6/c1-41-27-14-10-11-23(17-27)22-38(32(39)20-25-21-36-29-16-9-8-15-28(25)29)33(35(40)37-26-12-6-5-7-13-26)24-18-30(42-2)34(44-4)31(19-24)43-3/h8-11,14-19,21,26,33,36H,5-7,12-13,20,22H2,1-4H3,(H,37,40)/t33-/m0/s1. The third-order valence-corrected chi connectivity index (χ3v) is 8.34. The van der Waals surface area contributed by atoms with Gasteiger partial charge in [0.15, 0.2) is 11.5 Å². The van der Waals surface area contributed by atoms with Crippen molar-refractivity contribution in [2.45, 2.75) is 57.2 Å². The second kappa shape index (κ2) is 14.2. The molecule has 0 bridgehead atoms. The highest BCUT2D eigenvalue weighted by molar-refractivity contribution is 5.92. The predicted octanol–water partition coefficient (Wildman–Crippen LogP) is 5.96. The van der Waals surface area contributed by atoms with Crippen LogP contribution in [-0.2, 0) is 22.6 Å². The molecule has 9 nitrogen and oxygen atoms in total. The molecule has 2 amide bonds. The highest BCUT2D eigenvalue weighted by Crippen LogP contribution is 2.41. The molecule has 1 aliphatic rings. The Balaban J connectivity index is 1.61. The number of carbonyl (C=O) groups excluding carboxylic acids is 2. The van der Waals surface area contributed by atoms with Gasteiger partial charge < -0.3 is 34.1 Å². The lowest BCUT2D eigenvalue weighted by molar-refractivity contribution is -0.141. The minimum atomic E-state index is -0.977. The van der Waals surface area contributed by atoms with E-state index < -0.39 is 6.04 Å². The summed E-state index contributed by atoms with van der Waals surface area (Å²) >= 11 is 0. The number of benzene rings is 3. The summed E-state index contributed by atoms with van der Waals surface area (Å²) in [5.74, 6) is 1.44. The molecular formula is C35H41N3O6. The van der Waals surface area contributed by atoms with E-state index in [1.165, 1.54) is 21.3 Å². The van der Waals surface area contributed by atoms with E-state index in [1.807, 2.05) is 54.7 Å². The lowest BCUT2D eigenvalue weighted by Crippen LogP contribution is -2.47. The van der Waals surface area contributed by atoms with Gasteiger partial charge in [-0.25, -0.2) is 0 Å². The van der Waals surface area contributed by atoms with Gasteiger partial charge in [-0.3, -0.25) is 9.59 Å². The van der Waals surface area contributed by atoms with Crippen LogP contribution in [0.3, 0.4) is 0 Å². The van der Waals surface area contributed by atoms with E-state index >= 15 is 0 Å². The molecule has 3 aromatic carbocycles. The molecule has 0 spiro atoms. The number of aromatic nitrogens is 1. The van der Waals surface area contributed by atoms with Crippen LogP contribution in [0.2, 0.25) is 0 Å². The Kier molecular flexibility index (Phi) is 9.94. The Morgan fingerprint density at radius 1 is 0.886 bits per heavy atom. The van der Waals surface area contributed by atoms with Crippen molar-refractivity contribution < 1.29 is 28.5 Å². The summed E-state index contributed by atoms with van der Waals surface area (Å²) in [4.78, 5) is 33.8. The Morgan fingerprint density at radius 2 is 1.61 bits per heavy atom. The lowest BCUT2D eigenvalue weighted by Gasteiger charge is -2.34. The predicted molar refractivity (Wildman–Crippen MR) is 169 cm³/mol. The summed E-state index contributed by atoms with van der Waals surface area (Å²) in [6.45, 7) is 0.178. The maximum atomic E-state index is 14.5. The zero-order chi connectivity index (χ0) is 31.1. The van der Waals surface area contributed by atoms with Crippen LogP contribution < -0.4 is 24.3 Å². The van der Waals surface area contributed by atoms with Gasteiger partial charge in [-0.2, -0.15) is 0 Å². The molecule has 1 aromatic heterocycles. The Hall–Kier alpha value is -4.66. The quantitative estimate of drug-likeness (QED) is 0.208. The lowest BCUT2D eigenvalue weighted by atomic mass is 9.94. The normalized spacial score (nSPS) is 14.1. The highest BCUT2D eigenvalue weighted by Gasteiger charge is 2.35. The second-order valence-corrected chi connectivity index (χ2v) is 11.1.